The maximum Gasteiger partial charge on any atom is 0.162 e. The van der Waals surface area contributed by atoms with Gasteiger partial charge in [0, 0.05) is 6.42 Å². The number of hydrogen-bond acceptors (Lipinski definition) is 3. The van der Waals surface area contributed by atoms with E-state index in [4.69, 9.17) is 9.47 Å². The number of unbranched alkanes of at least 4 members (excludes halogenated alkanes) is 2. The van der Waals surface area contributed by atoms with Gasteiger partial charge in [-0.05, 0) is 31.4 Å². The lowest BCUT2D eigenvalue weighted by Gasteiger charge is -2.24. The molecule has 0 aliphatic heterocycles. The number of ether oxygens (including phenoxy) is 2. The highest BCUT2D eigenvalue weighted by Crippen LogP contribution is 2.18. The molecular formula is C18H30O3. The summed E-state index contributed by atoms with van der Waals surface area (Å²) in [6.45, 7) is 7.07. The molecule has 0 aliphatic carbocycles. The molecular weight excluding hydrogens is 264 g/mol. The highest BCUT2D eigenvalue weighted by atomic mass is 16.6. The van der Waals surface area contributed by atoms with Crippen LogP contribution in [-0.2, 0) is 4.74 Å². The molecule has 0 aliphatic rings. The molecule has 0 amide bonds. The van der Waals surface area contributed by atoms with Gasteiger partial charge in [0.1, 0.15) is 12.4 Å². The molecule has 3 heteroatoms. The van der Waals surface area contributed by atoms with E-state index in [1.165, 1.54) is 12.8 Å². The zero-order chi connectivity index (χ0) is 15.6. The molecule has 1 aromatic carbocycles. The summed E-state index contributed by atoms with van der Waals surface area (Å²) >= 11 is 0. The molecule has 3 nitrogen and oxygen atoms in total. The highest BCUT2D eigenvalue weighted by molar-refractivity contribution is 5.20. The van der Waals surface area contributed by atoms with Gasteiger partial charge in [0.15, 0.2) is 5.79 Å². The van der Waals surface area contributed by atoms with Crippen molar-refractivity contribution in [1.29, 1.82) is 0 Å². The summed E-state index contributed by atoms with van der Waals surface area (Å²) < 4.78 is 11.0. The van der Waals surface area contributed by atoms with Crippen LogP contribution in [0.15, 0.2) is 30.3 Å². The van der Waals surface area contributed by atoms with Gasteiger partial charge in [-0.1, -0.05) is 51.3 Å². The summed E-state index contributed by atoms with van der Waals surface area (Å²) in [5.74, 6) is 0.545. The lowest BCUT2D eigenvalue weighted by atomic mass is 10.0. The highest BCUT2D eigenvalue weighted by Gasteiger charge is 2.19. The molecule has 21 heavy (non-hydrogen) atoms. The van der Waals surface area contributed by atoms with Crippen LogP contribution in [0.1, 0.15) is 52.9 Å². The third-order valence-electron chi connectivity index (χ3n) is 3.43. The van der Waals surface area contributed by atoms with E-state index < -0.39 is 5.79 Å². The Hall–Kier alpha value is -1.06. The Kier molecular flexibility index (Phi) is 8.40. The summed E-state index contributed by atoms with van der Waals surface area (Å²) in [6.07, 6.45) is 5.31. The van der Waals surface area contributed by atoms with E-state index in [2.05, 4.69) is 13.8 Å². The molecule has 0 aromatic heterocycles. The molecule has 1 N–H and O–H groups in total. The van der Waals surface area contributed by atoms with Gasteiger partial charge < -0.3 is 14.6 Å². The van der Waals surface area contributed by atoms with Gasteiger partial charge in [0.05, 0.1) is 6.61 Å². The first-order valence-corrected chi connectivity index (χ1v) is 8.04. The van der Waals surface area contributed by atoms with Crippen molar-refractivity contribution < 1.29 is 14.6 Å². The van der Waals surface area contributed by atoms with E-state index in [1.54, 1.807) is 6.92 Å². The van der Waals surface area contributed by atoms with E-state index in [9.17, 15) is 5.11 Å². The second kappa shape index (κ2) is 9.80. The maximum atomic E-state index is 10.1. The fourth-order valence-electron chi connectivity index (χ4n) is 2.19. The van der Waals surface area contributed by atoms with Crippen molar-refractivity contribution in [2.75, 3.05) is 13.2 Å². The normalized spacial score (nSPS) is 14.1. The quantitative estimate of drug-likeness (QED) is 0.486. The van der Waals surface area contributed by atoms with Crippen LogP contribution in [-0.4, -0.2) is 24.1 Å². The molecule has 0 heterocycles. The zero-order valence-electron chi connectivity index (χ0n) is 13.7. The second-order valence-electron chi connectivity index (χ2n) is 6.18. The van der Waals surface area contributed by atoms with E-state index in [1.807, 2.05) is 30.3 Å². The molecule has 0 radical (unpaired) electrons. The van der Waals surface area contributed by atoms with Gasteiger partial charge in [-0.3, -0.25) is 0 Å². The Morgan fingerprint density at radius 2 is 1.76 bits per heavy atom. The average Bonchev–Trinajstić information content (AvgIpc) is 2.44. The van der Waals surface area contributed by atoms with Crippen LogP contribution in [0.5, 0.6) is 5.75 Å². The first kappa shape index (κ1) is 18.0. The summed E-state index contributed by atoms with van der Waals surface area (Å²) in [5, 5.41) is 10.1. The van der Waals surface area contributed by atoms with Crippen molar-refractivity contribution >= 4 is 0 Å². The first-order valence-electron chi connectivity index (χ1n) is 8.04. The Labute approximate surface area is 129 Å². The van der Waals surface area contributed by atoms with Crippen LogP contribution in [0.3, 0.4) is 0 Å². The summed E-state index contributed by atoms with van der Waals surface area (Å²) in [5.41, 5.74) is 0. The topological polar surface area (TPSA) is 38.7 Å². The molecule has 1 unspecified atom stereocenters. The summed E-state index contributed by atoms with van der Waals surface area (Å²) in [6, 6.07) is 9.64. The summed E-state index contributed by atoms with van der Waals surface area (Å²) in [7, 11) is 0. The van der Waals surface area contributed by atoms with Gasteiger partial charge in [0.2, 0.25) is 0 Å². The molecule has 0 bridgehead atoms. The van der Waals surface area contributed by atoms with E-state index >= 15 is 0 Å². The van der Waals surface area contributed by atoms with Crippen molar-refractivity contribution in [3.63, 3.8) is 0 Å². The minimum absolute atomic E-state index is 0.397. The van der Waals surface area contributed by atoms with Gasteiger partial charge in [-0.15, -0.1) is 0 Å². The minimum atomic E-state index is -1.04. The maximum absolute atomic E-state index is 10.1. The number of benzene rings is 1. The van der Waals surface area contributed by atoms with Crippen LogP contribution in [0.4, 0.5) is 0 Å². The fourth-order valence-corrected chi connectivity index (χ4v) is 2.19. The van der Waals surface area contributed by atoms with Gasteiger partial charge in [-0.25, -0.2) is 0 Å². The fraction of sp³-hybridized carbons (Fsp3) is 0.667. The third-order valence-corrected chi connectivity index (χ3v) is 3.43. The number of hydrogen-bond donors (Lipinski definition) is 1. The smallest absolute Gasteiger partial charge is 0.162 e. The van der Waals surface area contributed by atoms with Crippen LogP contribution < -0.4 is 4.74 Å². The molecule has 120 valence electrons. The Bertz CT molecular complexity index is 360. The Balaban J connectivity index is 2.06. The lowest BCUT2D eigenvalue weighted by Crippen LogP contribution is -2.30. The second-order valence-corrected chi connectivity index (χ2v) is 6.18. The van der Waals surface area contributed by atoms with Crippen molar-refractivity contribution in [2.24, 2.45) is 5.92 Å². The molecule has 1 atom stereocenters. The van der Waals surface area contributed by atoms with Crippen molar-refractivity contribution in [3.05, 3.63) is 30.3 Å². The predicted molar refractivity (Wildman–Crippen MR) is 86.4 cm³/mol. The van der Waals surface area contributed by atoms with E-state index in [0.717, 1.165) is 24.5 Å². The van der Waals surface area contributed by atoms with Gasteiger partial charge >= 0.3 is 0 Å². The van der Waals surface area contributed by atoms with Gasteiger partial charge in [0.25, 0.3) is 0 Å². The van der Waals surface area contributed by atoms with Crippen LogP contribution in [0.2, 0.25) is 0 Å². The minimum Gasteiger partial charge on any atom is -0.491 e. The number of para-hydroxylation sites is 1. The largest absolute Gasteiger partial charge is 0.491 e. The molecule has 1 aromatic rings. The SMILES string of the molecule is CC(C)CCCCCC(C)(O)OCCOc1ccccc1. The molecule has 0 fully saturated rings. The Morgan fingerprint density at radius 3 is 2.43 bits per heavy atom. The Morgan fingerprint density at radius 1 is 1.05 bits per heavy atom. The van der Waals surface area contributed by atoms with Crippen LogP contribution in [0.25, 0.3) is 0 Å². The van der Waals surface area contributed by atoms with E-state index in [0.29, 0.717) is 19.6 Å². The summed E-state index contributed by atoms with van der Waals surface area (Å²) in [4.78, 5) is 0. The standard InChI is InChI=1S/C18H30O3/c1-16(2)10-6-5-9-13-18(3,19)21-15-14-20-17-11-7-4-8-12-17/h4,7-8,11-12,16,19H,5-6,9-10,13-15H2,1-3H3. The van der Waals surface area contributed by atoms with Crippen LogP contribution >= 0.6 is 0 Å². The molecule has 0 spiro atoms. The molecule has 0 saturated carbocycles. The van der Waals surface area contributed by atoms with E-state index in [-0.39, 0.29) is 0 Å². The predicted octanol–water partition coefficient (Wildman–Crippen LogP) is 4.40. The lowest BCUT2D eigenvalue weighted by molar-refractivity contribution is -0.197. The zero-order valence-corrected chi connectivity index (χ0v) is 13.7. The third kappa shape index (κ3) is 9.48. The van der Waals surface area contributed by atoms with Crippen molar-refractivity contribution in [3.8, 4) is 5.75 Å². The number of rotatable bonds is 11. The van der Waals surface area contributed by atoms with Crippen LogP contribution in [0, 0.1) is 5.92 Å². The van der Waals surface area contributed by atoms with Crippen molar-refractivity contribution in [2.45, 2.75) is 58.7 Å². The monoisotopic (exact) mass is 294 g/mol. The van der Waals surface area contributed by atoms with Crippen molar-refractivity contribution in [1.82, 2.24) is 0 Å². The number of aliphatic hydroxyl groups is 1. The average molecular weight is 294 g/mol. The molecule has 1 rings (SSSR count). The van der Waals surface area contributed by atoms with Gasteiger partial charge in [-0.2, -0.15) is 0 Å². The molecule has 0 saturated heterocycles. The first-order chi connectivity index (χ1) is 9.99.